The molecule has 0 aromatic carbocycles. The predicted molar refractivity (Wildman–Crippen MR) is 135 cm³/mol. The summed E-state index contributed by atoms with van der Waals surface area (Å²) in [6, 6.07) is 9.63. The second-order valence-electron chi connectivity index (χ2n) is 10.6. The van der Waals surface area contributed by atoms with Gasteiger partial charge in [0.15, 0.2) is 0 Å². The van der Waals surface area contributed by atoms with Crippen molar-refractivity contribution in [3.63, 3.8) is 0 Å². The molecule has 1 amide bonds. The summed E-state index contributed by atoms with van der Waals surface area (Å²) in [4.78, 5) is 26.4. The molecule has 3 aromatic heterocycles. The van der Waals surface area contributed by atoms with E-state index in [9.17, 15) is 4.79 Å². The summed E-state index contributed by atoms with van der Waals surface area (Å²) in [6.07, 6.45) is 6.05. The molecule has 178 valence electrons. The Morgan fingerprint density at radius 1 is 1.03 bits per heavy atom. The Bertz CT molecular complexity index is 1210. The highest BCUT2D eigenvalue weighted by molar-refractivity contribution is 6.74. The van der Waals surface area contributed by atoms with Crippen LogP contribution in [0.15, 0.2) is 42.7 Å². The second kappa shape index (κ2) is 8.23. The lowest BCUT2D eigenvalue weighted by molar-refractivity contribution is 0.0995. The molecule has 0 radical (unpaired) electrons. The third-order valence-corrected chi connectivity index (χ3v) is 11.5. The predicted octanol–water partition coefficient (Wildman–Crippen LogP) is 4.81. The number of amides is 1. The van der Waals surface area contributed by atoms with Gasteiger partial charge in [0, 0.05) is 19.3 Å². The van der Waals surface area contributed by atoms with Crippen molar-refractivity contribution in [3.8, 4) is 11.6 Å². The molecule has 0 saturated carbocycles. The van der Waals surface area contributed by atoms with Crippen molar-refractivity contribution in [2.45, 2.75) is 58.3 Å². The maximum atomic E-state index is 13.2. The van der Waals surface area contributed by atoms with Crippen molar-refractivity contribution in [1.82, 2.24) is 19.7 Å². The fourth-order valence-electron chi connectivity index (χ4n) is 4.06. The lowest BCUT2D eigenvalue weighted by atomic mass is 10.2. The average Bonchev–Trinajstić information content (AvgIpc) is 3.51. The first-order valence-corrected chi connectivity index (χ1v) is 14.8. The zero-order valence-electron chi connectivity index (χ0n) is 20.6. The summed E-state index contributed by atoms with van der Waals surface area (Å²) < 4.78 is 8.08. The Morgan fingerprint density at radius 3 is 2.44 bits per heavy atom. The zero-order chi connectivity index (χ0) is 24.1. The molecule has 0 atom stereocenters. The van der Waals surface area contributed by atoms with Crippen LogP contribution in [-0.2, 0) is 6.54 Å². The Morgan fingerprint density at radius 2 is 1.79 bits per heavy atom. The van der Waals surface area contributed by atoms with Crippen LogP contribution in [-0.4, -0.2) is 47.1 Å². The number of aromatic nitrogens is 4. The van der Waals surface area contributed by atoms with E-state index in [1.165, 1.54) is 12.8 Å². The molecule has 2 aliphatic heterocycles. The number of hydrogen-bond donors (Lipinski definition) is 0. The Balaban J connectivity index is 1.33. The third kappa shape index (κ3) is 4.09. The minimum absolute atomic E-state index is 0.0652. The maximum Gasteiger partial charge on any atom is 0.263 e. The van der Waals surface area contributed by atoms with Gasteiger partial charge in [-0.25, -0.2) is 9.67 Å². The van der Waals surface area contributed by atoms with Crippen molar-refractivity contribution < 1.29 is 9.22 Å². The molecule has 0 aliphatic carbocycles. The molecule has 5 heterocycles. The summed E-state index contributed by atoms with van der Waals surface area (Å²) in [7, 11) is -2.02. The molecule has 34 heavy (non-hydrogen) atoms. The topological polar surface area (TPSA) is 76.4 Å². The number of hydrogen-bond acceptors (Lipinski definition) is 6. The summed E-state index contributed by atoms with van der Waals surface area (Å²) in [5.41, 5.74) is 2.19. The van der Waals surface area contributed by atoms with Crippen LogP contribution < -0.4 is 14.2 Å². The van der Waals surface area contributed by atoms with Crippen molar-refractivity contribution in [3.05, 3.63) is 54.0 Å². The molecule has 0 N–H and O–H groups in total. The number of nitrogens with zero attached hydrogens (tertiary/aromatic N) is 6. The fraction of sp³-hybridized carbons (Fsp3) is 0.440. The molecule has 3 aromatic rings. The molecule has 8 nitrogen and oxygen atoms in total. The van der Waals surface area contributed by atoms with E-state index in [0.29, 0.717) is 23.8 Å². The highest BCUT2D eigenvalue weighted by Crippen LogP contribution is 2.37. The molecular weight excluding hydrogens is 444 g/mol. The highest BCUT2D eigenvalue weighted by atomic mass is 28.4. The largest absolute Gasteiger partial charge is 0.531 e. The minimum Gasteiger partial charge on any atom is -0.531 e. The van der Waals surface area contributed by atoms with Gasteiger partial charge in [-0.2, -0.15) is 10.1 Å². The summed E-state index contributed by atoms with van der Waals surface area (Å²) in [6.45, 7) is 13.5. The molecule has 0 bridgehead atoms. The Kier molecular flexibility index (Phi) is 5.47. The number of fused-ring (bicyclic) bond motifs is 1. The summed E-state index contributed by atoms with van der Waals surface area (Å²) >= 11 is 0. The fourth-order valence-corrected chi connectivity index (χ4v) is 5.00. The number of rotatable bonds is 5. The lowest BCUT2D eigenvalue weighted by Gasteiger charge is -2.36. The van der Waals surface area contributed by atoms with Gasteiger partial charge in [-0.05, 0) is 55.2 Å². The van der Waals surface area contributed by atoms with Gasteiger partial charge in [-0.3, -0.25) is 9.69 Å². The van der Waals surface area contributed by atoms with Crippen LogP contribution in [0.25, 0.3) is 5.69 Å². The first-order valence-electron chi connectivity index (χ1n) is 11.9. The molecule has 1 saturated heterocycles. The van der Waals surface area contributed by atoms with E-state index in [1.54, 1.807) is 15.8 Å². The number of carbonyl (C=O) groups excluding carboxylic acids is 1. The van der Waals surface area contributed by atoms with E-state index in [1.807, 2.05) is 36.5 Å². The van der Waals surface area contributed by atoms with Crippen LogP contribution in [0.1, 0.15) is 49.7 Å². The van der Waals surface area contributed by atoms with Gasteiger partial charge in [0.25, 0.3) is 14.2 Å². The van der Waals surface area contributed by atoms with Gasteiger partial charge >= 0.3 is 0 Å². The van der Waals surface area contributed by atoms with E-state index >= 15 is 0 Å². The number of anilines is 2. The highest BCUT2D eigenvalue weighted by Gasteiger charge is 2.39. The lowest BCUT2D eigenvalue weighted by Crippen LogP contribution is -2.44. The van der Waals surface area contributed by atoms with Crippen LogP contribution >= 0.6 is 0 Å². The van der Waals surface area contributed by atoms with Crippen molar-refractivity contribution in [1.29, 1.82) is 0 Å². The Hall–Kier alpha value is -3.20. The third-order valence-electron chi connectivity index (χ3n) is 7.15. The molecule has 0 spiro atoms. The summed E-state index contributed by atoms with van der Waals surface area (Å²) in [5.74, 6) is 2.05. The van der Waals surface area contributed by atoms with Gasteiger partial charge in [0.05, 0.1) is 29.7 Å². The van der Waals surface area contributed by atoms with Gasteiger partial charge < -0.3 is 9.33 Å². The monoisotopic (exact) mass is 476 g/mol. The molecule has 0 unspecified atom stereocenters. The maximum absolute atomic E-state index is 13.2. The van der Waals surface area contributed by atoms with Crippen LogP contribution in [0.4, 0.5) is 11.6 Å². The van der Waals surface area contributed by atoms with E-state index < -0.39 is 8.32 Å². The minimum atomic E-state index is -2.02. The first kappa shape index (κ1) is 22.6. The van der Waals surface area contributed by atoms with Crippen molar-refractivity contribution in [2.24, 2.45) is 0 Å². The first-order chi connectivity index (χ1) is 16.1. The SMILES string of the molecule is CC(C)(C)[Si](C)(C)Oc1cccc(N2Cc3nn(-c4ccc(N5CCCC5)nc4)cc3C2=O)n1. The van der Waals surface area contributed by atoms with Gasteiger partial charge in [-0.15, -0.1) is 0 Å². The molecule has 5 rings (SSSR count). The van der Waals surface area contributed by atoms with Gasteiger partial charge in [0.1, 0.15) is 11.6 Å². The van der Waals surface area contributed by atoms with Crippen molar-refractivity contribution in [2.75, 3.05) is 22.9 Å². The number of pyridine rings is 2. The van der Waals surface area contributed by atoms with Crippen molar-refractivity contribution >= 4 is 25.9 Å². The van der Waals surface area contributed by atoms with Gasteiger partial charge in [0.2, 0.25) is 5.88 Å². The molecular formula is C25H32N6O2Si. The Labute approximate surface area is 201 Å². The smallest absolute Gasteiger partial charge is 0.263 e. The standard InChI is InChI=1S/C25H32N6O2Si/c1-25(2,3)34(4,5)33-23-10-8-9-22(27-23)30-17-20-19(24(30)32)16-31(28-20)18-11-12-21(26-15-18)29-13-6-7-14-29/h8-12,15-16H,6-7,13-14,17H2,1-5H3. The van der Waals surface area contributed by atoms with E-state index in [2.05, 4.69) is 53.8 Å². The van der Waals surface area contributed by atoms with E-state index in [4.69, 9.17) is 4.43 Å². The number of carbonyl (C=O) groups is 1. The van der Waals surface area contributed by atoms with Gasteiger partial charge in [-0.1, -0.05) is 26.8 Å². The van der Waals surface area contributed by atoms with Crippen LogP contribution in [0.2, 0.25) is 18.1 Å². The molecule has 2 aliphatic rings. The normalized spacial score (nSPS) is 16.3. The average molecular weight is 477 g/mol. The molecule has 1 fully saturated rings. The van der Waals surface area contributed by atoms with Crippen LogP contribution in [0.5, 0.6) is 5.88 Å². The molecule has 9 heteroatoms. The zero-order valence-corrected chi connectivity index (χ0v) is 21.6. The van der Waals surface area contributed by atoms with Crippen LogP contribution in [0.3, 0.4) is 0 Å². The van der Waals surface area contributed by atoms with Crippen LogP contribution in [0, 0.1) is 0 Å². The van der Waals surface area contributed by atoms with E-state index in [-0.39, 0.29) is 10.9 Å². The summed E-state index contributed by atoms with van der Waals surface area (Å²) in [5, 5.41) is 4.74. The quantitative estimate of drug-likeness (QED) is 0.492. The second-order valence-corrected chi connectivity index (χ2v) is 15.3. The van der Waals surface area contributed by atoms with E-state index in [0.717, 1.165) is 30.3 Å².